The fraction of sp³-hybridized carbons (Fsp3) is 0.440. The number of anilines is 2. The third kappa shape index (κ3) is 4.67. The van der Waals surface area contributed by atoms with Crippen molar-refractivity contribution in [1.29, 1.82) is 0 Å². The predicted molar refractivity (Wildman–Crippen MR) is 131 cm³/mol. The number of carbonyl (C=O) groups is 1. The molecule has 9 nitrogen and oxygen atoms in total. The maximum absolute atomic E-state index is 12.8. The van der Waals surface area contributed by atoms with Gasteiger partial charge < -0.3 is 25.4 Å². The maximum atomic E-state index is 12.8. The first kappa shape index (κ1) is 22.5. The molecule has 34 heavy (non-hydrogen) atoms. The van der Waals surface area contributed by atoms with Crippen LogP contribution in [0.4, 0.5) is 11.8 Å². The summed E-state index contributed by atoms with van der Waals surface area (Å²) in [7, 11) is 1.77. The van der Waals surface area contributed by atoms with Gasteiger partial charge in [0.15, 0.2) is 0 Å². The Morgan fingerprint density at radius 1 is 1.09 bits per heavy atom. The number of aromatic nitrogens is 3. The van der Waals surface area contributed by atoms with Crippen LogP contribution in [-0.4, -0.2) is 71.3 Å². The molecule has 2 fully saturated rings. The van der Waals surface area contributed by atoms with Gasteiger partial charge >= 0.3 is 0 Å². The van der Waals surface area contributed by atoms with E-state index in [1.807, 2.05) is 29.2 Å². The lowest BCUT2D eigenvalue weighted by Crippen LogP contribution is -2.40. The molecule has 178 valence electrons. The van der Waals surface area contributed by atoms with E-state index in [9.17, 15) is 4.79 Å². The number of fused-ring (bicyclic) bond motifs is 1. The van der Waals surface area contributed by atoms with E-state index in [2.05, 4.69) is 15.3 Å². The topological polar surface area (TPSA) is 115 Å². The largest absolute Gasteiger partial charge is 0.383 e. The molecule has 1 amide bonds. The second kappa shape index (κ2) is 9.90. The molecule has 1 saturated carbocycles. The zero-order valence-electron chi connectivity index (χ0n) is 19.4. The van der Waals surface area contributed by atoms with Crippen molar-refractivity contribution in [3.8, 4) is 11.1 Å². The van der Waals surface area contributed by atoms with Gasteiger partial charge in [-0.15, -0.1) is 0 Å². The van der Waals surface area contributed by atoms with Crippen LogP contribution >= 0.6 is 0 Å². The van der Waals surface area contributed by atoms with Crippen LogP contribution in [0.1, 0.15) is 36.0 Å². The van der Waals surface area contributed by atoms with Crippen LogP contribution in [0.15, 0.2) is 36.7 Å². The number of morpholine rings is 1. The molecule has 5 rings (SSSR count). The van der Waals surface area contributed by atoms with Gasteiger partial charge in [-0.1, -0.05) is 12.1 Å². The third-order valence-electron chi connectivity index (χ3n) is 6.73. The van der Waals surface area contributed by atoms with Gasteiger partial charge in [0, 0.05) is 49.8 Å². The Kier molecular flexibility index (Phi) is 6.55. The Balaban J connectivity index is 1.39. The Hall–Kier alpha value is -3.30. The maximum Gasteiger partial charge on any atom is 0.254 e. The van der Waals surface area contributed by atoms with Gasteiger partial charge in [0.2, 0.25) is 5.95 Å². The molecule has 0 spiro atoms. The van der Waals surface area contributed by atoms with E-state index < -0.39 is 0 Å². The van der Waals surface area contributed by atoms with Crippen molar-refractivity contribution in [3.05, 3.63) is 42.2 Å². The highest BCUT2D eigenvalue weighted by atomic mass is 16.5. The number of pyridine rings is 1. The average Bonchev–Trinajstić information content (AvgIpc) is 2.89. The normalized spacial score (nSPS) is 20.9. The summed E-state index contributed by atoms with van der Waals surface area (Å²) < 4.78 is 10.8. The summed E-state index contributed by atoms with van der Waals surface area (Å²) in [5, 5.41) is 4.18. The van der Waals surface area contributed by atoms with Gasteiger partial charge in [0.25, 0.3) is 5.91 Å². The van der Waals surface area contributed by atoms with Crippen molar-refractivity contribution in [3.63, 3.8) is 0 Å². The van der Waals surface area contributed by atoms with Crippen molar-refractivity contribution in [2.24, 2.45) is 0 Å². The first-order chi connectivity index (χ1) is 16.6. The lowest BCUT2D eigenvalue weighted by Gasteiger charge is -2.28. The SMILES string of the molecule is CO[C@H]1CC[C@H](Nc2ncc3c(N)ncc(-c4ccc(C(=O)N5CCOCC5)cc4)c3n2)CC1. The number of rotatable bonds is 5. The minimum absolute atomic E-state index is 0.0205. The molecular weight excluding hydrogens is 432 g/mol. The van der Waals surface area contributed by atoms with E-state index in [0.29, 0.717) is 61.2 Å². The van der Waals surface area contributed by atoms with Crippen LogP contribution in [-0.2, 0) is 9.47 Å². The van der Waals surface area contributed by atoms with Crippen LogP contribution in [0.5, 0.6) is 0 Å². The van der Waals surface area contributed by atoms with Crippen LogP contribution < -0.4 is 11.1 Å². The zero-order valence-corrected chi connectivity index (χ0v) is 19.4. The fourth-order valence-electron chi connectivity index (χ4n) is 4.69. The molecule has 0 atom stereocenters. The number of nitrogen functional groups attached to an aromatic ring is 1. The lowest BCUT2D eigenvalue weighted by atomic mass is 9.93. The Morgan fingerprint density at radius 2 is 1.82 bits per heavy atom. The number of benzene rings is 1. The Bertz CT molecular complexity index is 1160. The van der Waals surface area contributed by atoms with Gasteiger partial charge in [-0.25, -0.2) is 15.0 Å². The second-order valence-electron chi connectivity index (χ2n) is 8.85. The van der Waals surface area contributed by atoms with Gasteiger partial charge in [0.1, 0.15) is 5.82 Å². The van der Waals surface area contributed by atoms with E-state index in [-0.39, 0.29) is 5.91 Å². The zero-order chi connectivity index (χ0) is 23.5. The third-order valence-corrected chi connectivity index (χ3v) is 6.73. The Labute approximate surface area is 198 Å². The van der Waals surface area contributed by atoms with Gasteiger partial charge in [-0.05, 0) is 43.4 Å². The standard InChI is InChI=1S/C25H30N6O3/c1-33-19-8-6-18(7-9-19)29-25-28-15-21-22(30-25)20(14-27-23(21)26)16-2-4-17(5-3-16)24(32)31-10-12-34-13-11-31/h2-5,14-15,18-19H,6-13H2,1H3,(H2,26,27)(H,28,29,30)/t18-,19-. The first-order valence-electron chi connectivity index (χ1n) is 11.8. The minimum atomic E-state index is 0.0205. The molecule has 1 saturated heterocycles. The molecule has 3 aromatic rings. The summed E-state index contributed by atoms with van der Waals surface area (Å²) in [6.07, 6.45) is 7.89. The van der Waals surface area contributed by atoms with Crippen LogP contribution in [0.2, 0.25) is 0 Å². The predicted octanol–water partition coefficient (Wildman–Crippen LogP) is 3.12. The molecule has 0 radical (unpaired) electrons. The van der Waals surface area contributed by atoms with Gasteiger partial charge in [0.05, 0.1) is 30.2 Å². The molecule has 1 aliphatic carbocycles. The van der Waals surface area contributed by atoms with Crippen LogP contribution in [0, 0.1) is 0 Å². The van der Waals surface area contributed by atoms with E-state index >= 15 is 0 Å². The van der Waals surface area contributed by atoms with Gasteiger partial charge in [-0.3, -0.25) is 4.79 Å². The average molecular weight is 463 g/mol. The van der Waals surface area contributed by atoms with E-state index in [4.69, 9.17) is 20.2 Å². The summed E-state index contributed by atoms with van der Waals surface area (Å²) in [6, 6.07) is 7.88. The molecule has 2 aromatic heterocycles. The molecule has 3 heterocycles. The molecular formula is C25H30N6O3. The fourth-order valence-corrected chi connectivity index (χ4v) is 4.69. The highest BCUT2D eigenvalue weighted by Crippen LogP contribution is 2.31. The van der Waals surface area contributed by atoms with Crippen molar-refractivity contribution >= 4 is 28.6 Å². The van der Waals surface area contributed by atoms with Crippen LogP contribution in [0.25, 0.3) is 22.0 Å². The summed E-state index contributed by atoms with van der Waals surface area (Å²) in [4.78, 5) is 28.3. The second-order valence-corrected chi connectivity index (χ2v) is 8.85. The van der Waals surface area contributed by atoms with Crippen molar-refractivity contribution < 1.29 is 14.3 Å². The first-order valence-corrected chi connectivity index (χ1v) is 11.8. The van der Waals surface area contributed by atoms with Gasteiger partial charge in [-0.2, -0.15) is 0 Å². The van der Waals surface area contributed by atoms with Crippen LogP contribution in [0.3, 0.4) is 0 Å². The van der Waals surface area contributed by atoms with Crippen molar-refractivity contribution in [1.82, 2.24) is 19.9 Å². The number of nitrogens with zero attached hydrogens (tertiary/aromatic N) is 4. The summed E-state index contributed by atoms with van der Waals surface area (Å²) in [5.41, 5.74) is 9.29. The summed E-state index contributed by atoms with van der Waals surface area (Å²) >= 11 is 0. The molecule has 9 heteroatoms. The van der Waals surface area contributed by atoms with Crippen molar-refractivity contribution in [2.45, 2.75) is 37.8 Å². The minimum Gasteiger partial charge on any atom is -0.383 e. The number of amides is 1. The number of nitrogens with two attached hydrogens (primary N) is 1. The van der Waals surface area contributed by atoms with E-state index in [1.165, 1.54) is 0 Å². The number of ether oxygens (including phenoxy) is 2. The number of carbonyl (C=O) groups excluding carboxylic acids is 1. The molecule has 3 N–H and O–H groups in total. The molecule has 0 bridgehead atoms. The lowest BCUT2D eigenvalue weighted by molar-refractivity contribution is 0.0303. The highest BCUT2D eigenvalue weighted by Gasteiger charge is 2.22. The smallest absolute Gasteiger partial charge is 0.254 e. The molecule has 2 aliphatic rings. The molecule has 1 aromatic carbocycles. The van der Waals surface area contributed by atoms with E-state index in [0.717, 1.165) is 42.3 Å². The summed E-state index contributed by atoms with van der Waals surface area (Å²) in [5.74, 6) is 0.997. The number of nitrogens with one attached hydrogen (secondary N) is 1. The number of methoxy groups -OCH3 is 1. The Morgan fingerprint density at radius 3 is 2.53 bits per heavy atom. The monoisotopic (exact) mass is 462 g/mol. The van der Waals surface area contributed by atoms with E-state index in [1.54, 1.807) is 19.5 Å². The van der Waals surface area contributed by atoms with Crippen molar-refractivity contribution in [2.75, 3.05) is 44.5 Å². The molecule has 0 unspecified atom stereocenters. The number of hydrogen-bond acceptors (Lipinski definition) is 8. The summed E-state index contributed by atoms with van der Waals surface area (Å²) in [6.45, 7) is 2.40. The highest BCUT2D eigenvalue weighted by molar-refractivity contribution is 5.99. The molecule has 1 aliphatic heterocycles. The number of hydrogen-bond donors (Lipinski definition) is 2. The quantitative estimate of drug-likeness (QED) is 0.594.